The van der Waals surface area contributed by atoms with Gasteiger partial charge in [0, 0.05) is 23.6 Å². The molecule has 3 heterocycles. The number of benzene rings is 4. The Morgan fingerprint density at radius 1 is 0.860 bits per heavy atom. The molecule has 1 aliphatic carbocycles. The fourth-order valence-corrected chi connectivity index (χ4v) is 7.00. The third-order valence-corrected chi connectivity index (χ3v) is 8.96. The maximum Gasteiger partial charge on any atom is 0.319 e. The Balaban J connectivity index is 1.36. The Morgan fingerprint density at radius 3 is 2.47 bits per heavy atom. The Bertz CT molecular complexity index is 1990. The standard InChI is InChI=1S/C32H19ClN2O8/c33-21-8-7-17(35(39)40)12-22(21)34-30(36)27-19(16-6-9-23-25(11-16)42-14-41-23)13-20-26-18-4-2-1-3-15(18)5-10-24(26)43-32(38)28(20)29(27)31(34)37/h1-13,19,27-29H,14H2/t19-,27+,28+,29-/m1/s1. The third kappa shape index (κ3) is 3.63. The molecule has 8 rings (SSSR count). The second-order valence-electron chi connectivity index (χ2n) is 10.8. The molecule has 0 spiro atoms. The van der Waals surface area contributed by atoms with Gasteiger partial charge in [0.05, 0.1) is 33.4 Å². The number of esters is 1. The maximum atomic E-state index is 14.3. The van der Waals surface area contributed by atoms with Crippen LogP contribution >= 0.6 is 11.6 Å². The normalized spacial score (nSPS) is 23.4. The largest absolute Gasteiger partial charge is 0.454 e. The number of nitro benzene ring substituents is 1. The number of imide groups is 1. The Morgan fingerprint density at radius 2 is 1.63 bits per heavy atom. The van der Waals surface area contributed by atoms with E-state index in [1.54, 1.807) is 24.3 Å². The fraction of sp³-hybridized carbons (Fsp3) is 0.156. The van der Waals surface area contributed by atoms with Crippen molar-refractivity contribution in [2.45, 2.75) is 5.92 Å². The summed E-state index contributed by atoms with van der Waals surface area (Å²) < 4.78 is 16.9. The lowest BCUT2D eigenvalue weighted by Gasteiger charge is -2.38. The molecular formula is C32H19ClN2O8. The first-order valence-corrected chi connectivity index (χ1v) is 13.9. The first-order valence-electron chi connectivity index (χ1n) is 13.5. The highest BCUT2D eigenvalue weighted by Crippen LogP contribution is 2.56. The van der Waals surface area contributed by atoms with E-state index in [0.29, 0.717) is 33.9 Å². The van der Waals surface area contributed by atoms with Gasteiger partial charge in [0.25, 0.3) is 5.69 Å². The third-order valence-electron chi connectivity index (χ3n) is 8.65. The predicted octanol–water partition coefficient (Wildman–Crippen LogP) is 5.65. The summed E-state index contributed by atoms with van der Waals surface area (Å²) in [5, 5.41) is 13.3. The van der Waals surface area contributed by atoms with Crippen LogP contribution in [0.5, 0.6) is 17.2 Å². The zero-order valence-electron chi connectivity index (χ0n) is 22.1. The van der Waals surface area contributed by atoms with E-state index >= 15 is 0 Å². The van der Waals surface area contributed by atoms with Gasteiger partial charge in [0.15, 0.2) is 11.5 Å². The average Bonchev–Trinajstić information content (AvgIpc) is 3.58. The van der Waals surface area contributed by atoms with Crippen LogP contribution in [0.1, 0.15) is 17.0 Å². The molecule has 3 aliphatic heterocycles. The summed E-state index contributed by atoms with van der Waals surface area (Å²) in [5.74, 6) is -4.47. The molecular weight excluding hydrogens is 576 g/mol. The number of allylic oxidation sites excluding steroid dienone is 1. The summed E-state index contributed by atoms with van der Waals surface area (Å²) >= 11 is 6.42. The summed E-state index contributed by atoms with van der Waals surface area (Å²) in [6.45, 7) is 0.0559. The van der Waals surface area contributed by atoms with Crippen molar-refractivity contribution in [2.75, 3.05) is 11.7 Å². The Kier molecular flexibility index (Phi) is 5.42. The molecule has 43 heavy (non-hydrogen) atoms. The minimum Gasteiger partial charge on any atom is -0.454 e. The zero-order chi connectivity index (χ0) is 29.6. The molecule has 11 heteroatoms. The highest BCUT2D eigenvalue weighted by Gasteiger charge is 2.61. The number of halogens is 1. The minimum absolute atomic E-state index is 0.0127. The van der Waals surface area contributed by atoms with E-state index in [1.165, 1.54) is 12.1 Å². The van der Waals surface area contributed by atoms with Crippen molar-refractivity contribution in [3.63, 3.8) is 0 Å². The van der Waals surface area contributed by atoms with Crippen LogP contribution in [0, 0.1) is 27.9 Å². The summed E-state index contributed by atoms with van der Waals surface area (Å²) in [5.41, 5.74) is 1.50. The molecule has 10 nitrogen and oxygen atoms in total. The first kappa shape index (κ1) is 25.5. The van der Waals surface area contributed by atoms with Crippen LogP contribution in [0.4, 0.5) is 11.4 Å². The van der Waals surface area contributed by atoms with Crippen molar-refractivity contribution in [3.05, 3.63) is 105 Å². The lowest BCUT2D eigenvalue weighted by atomic mass is 9.64. The van der Waals surface area contributed by atoms with Crippen molar-refractivity contribution in [1.29, 1.82) is 0 Å². The molecule has 2 amide bonds. The van der Waals surface area contributed by atoms with Crippen molar-refractivity contribution in [2.24, 2.45) is 17.8 Å². The average molecular weight is 595 g/mol. The van der Waals surface area contributed by atoms with Gasteiger partial charge in [0.1, 0.15) is 5.75 Å². The van der Waals surface area contributed by atoms with E-state index in [9.17, 15) is 24.5 Å². The van der Waals surface area contributed by atoms with Crippen LogP contribution in [-0.2, 0) is 14.4 Å². The summed E-state index contributed by atoms with van der Waals surface area (Å²) in [6.07, 6.45) is 1.87. The van der Waals surface area contributed by atoms with E-state index in [2.05, 4.69) is 0 Å². The van der Waals surface area contributed by atoms with Crippen molar-refractivity contribution in [3.8, 4) is 17.2 Å². The Hall–Kier alpha value is -5.22. The number of carbonyl (C=O) groups is 3. The quantitative estimate of drug-likeness (QED) is 0.0979. The second-order valence-corrected chi connectivity index (χ2v) is 11.2. The van der Waals surface area contributed by atoms with Gasteiger partial charge in [-0.15, -0.1) is 0 Å². The van der Waals surface area contributed by atoms with Crippen LogP contribution < -0.4 is 19.1 Å². The van der Waals surface area contributed by atoms with Crippen LogP contribution in [0.2, 0.25) is 5.02 Å². The van der Waals surface area contributed by atoms with Gasteiger partial charge in [-0.05, 0) is 46.2 Å². The Labute approximate surface area is 248 Å². The van der Waals surface area contributed by atoms with Gasteiger partial charge in [0.2, 0.25) is 18.6 Å². The van der Waals surface area contributed by atoms with E-state index in [1.807, 2.05) is 36.4 Å². The molecule has 1 saturated heterocycles. The number of anilines is 1. The van der Waals surface area contributed by atoms with E-state index in [-0.39, 0.29) is 23.2 Å². The zero-order valence-corrected chi connectivity index (χ0v) is 22.8. The molecule has 0 bridgehead atoms. The van der Waals surface area contributed by atoms with E-state index < -0.39 is 46.4 Å². The second kappa shape index (κ2) is 9.14. The number of fused-ring (bicyclic) bond motifs is 8. The van der Waals surface area contributed by atoms with Gasteiger partial charge in [-0.25, -0.2) is 4.90 Å². The molecule has 0 N–H and O–H groups in total. The molecule has 0 aromatic heterocycles. The molecule has 1 fully saturated rings. The number of nitro groups is 1. The number of hydrogen-bond donors (Lipinski definition) is 0. The molecule has 0 radical (unpaired) electrons. The topological polar surface area (TPSA) is 125 Å². The lowest BCUT2D eigenvalue weighted by Crippen LogP contribution is -2.42. The molecule has 0 unspecified atom stereocenters. The molecule has 4 aromatic rings. The van der Waals surface area contributed by atoms with Gasteiger partial charge in [-0.3, -0.25) is 24.5 Å². The maximum absolute atomic E-state index is 14.3. The number of carbonyl (C=O) groups excluding carboxylic acids is 3. The molecule has 4 aliphatic rings. The lowest BCUT2D eigenvalue weighted by molar-refractivity contribution is -0.384. The highest BCUT2D eigenvalue weighted by molar-refractivity contribution is 6.36. The van der Waals surface area contributed by atoms with Crippen LogP contribution in [0.3, 0.4) is 0 Å². The summed E-state index contributed by atoms with van der Waals surface area (Å²) in [7, 11) is 0. The van der Waals surface area contributed by atoms with Gasteiger partial charge in [-0.1, -0.05) is 54.1 Å². The number of non-ortho nitro benzene ring substituents is 1. The molecule has 4 aromatic carbocycles. The summed E-state index contributed by atoms with van der Waals surface area (Å²) in [4.78, 5) is 54.1. The molecule has 4 atom stereocenters. The van der Waals surface area contributed by atoms with Crippen molar-refractivity contribution in [1.82, 2.24) is 0 Å². The molecule has 212 valence electrons. The van der Waals surface area contributed by atoms with Gasteiger partial charge >= 0.3 is 5.97 Å². The minimum atomic E-state index is -1.15. The predicted molar refractivity (Wildman–Crippen MR) is 154 cm³/mol. The number of nitrogens with zero attached hydrogens (tertiary/aromatic N) is 2. The number of hydrogen-bond acceptors (Lipinski definition) is 8. The van der Waals surface area contributed by atoms with E-state index in [0.717, 1.165) is 21.7 Å². The molecule has 0 saturated carbocycles. The monoisotopic (exact) mass is 594 g/mol. The van der Waals surface area contributed by atoms with Gasteiger partial charge < -0.3 is 14.2 Å². The van der Waals surface area contributed by atoms with Crippen LogP contribution in [0.25, 0.3) is 16.3 Å². The highest BCUT2D eigenvalue weighted by atomic mass is 35.5. The summed E-state index contributed by atoms with van der Waals surface area (Å²) in [6, 6.07) is 20.1. The van der Waals surface area contributed by atoms with Crippen LogP contribution in [0.15, 0.2) is 78.9 Å². The number of ether oxygens (including phenoxy) is 3. The smallest absolute Gasteiger partial charge is 0.319 e. The van der Waals surface area contributed by atoms with Crippen LogP contribution in [-0.4, -0.2) is 29.5 Å². The number of rotatable bonds is 3. The van der Waals surface area contributed by atoms with Gasteiger partial charge in [-0.2, -0.15) is 0 Å². The number of amides is 2. The van der Waals surface area contributed by atoms with E-state index in [4.69, 9.17) is 25.8 Å². The fourth-order valence-electron chi connectivity index (χ4n) is 6.80. The first-order chi connectivity index (χ1) is 20.8. The van der Waals surface area contributed by atoms with Crippen molar-refractivity contribution >= 4 is 57.1 Å². The van der Waals surface area contributed by atoms with Crippen molar-refractivity contribution < 1.29 is 33.5 Å². The SMILES string of the molecule is O=C1Oc2ccc3ccccc3c2C2=C[C@H](c3ccc4c(c3)OCO4)[C@@H]3C(=O)N(c4cc([N+](=O)[O-])ccc4Cl)C(=O)[C@H]3[C@@H]12.